The fourth-order valence-corrected chi connectivity index (χ4v) is 3.54. The SMILES string of the molecule is O=C(OC1CCCc2ccccc21)c1ccc(Br)cc1S. The van der Waals surface area contributed by atoms with Gasteiger partial charge in [0.2, 0.25) is 0 Å². The summed E-state index contributed by atoms with van der Waals surface area (Å²) in [6.07, 6.45) is 2.82. The first-order valence-electron chi connectivity index (χ1n) is 6.92. The monoisotopic (exact) mass is 362 g/mol. The number of aryl methyl sites for hydroxylation is 1. The van der Waals surface area contributed by atoms with Crippen LogP contribution in [0.25, 0.3) is 0 Å². The number of ether oxygens (including phenoxy) is 1. The lowest BCUT2D eigenvalue weighted by Crippen LogP contribution is -2.17. The topological polar surface area (TPSA) is 26.3 Å². The first-order chi connectivity index (χ1) is 10.1. The zero-order valence-corrected chi connectivity index (χ0v) is 13.9. The van der Waals surface area contributed by atoms with Gasteiger partial charge in [0.05, 0.1) is 5.56 Å². The van der Waals surface area contributed by atoms with Gasteiger partial charge >= 0.3 is 5.97 Å². The molecular formula is C17H15BrO2S. The summed E-state index contributed by atoms with van der Waals surface area (Å²) in [5, 5.41) is 0. The number of esters is 1. The summed E-state index contributed by atoms with van der Waals surface area (Å²) in [6.45, 7) is 0. The lowest BCUT2D eigenvalue weighted by molar-refractivity contribution is 0.0252. The van der Waals surface area contributed by atoms with E-state index in [1.165, 1.54) is 5.56 Å². The second kappa shape index (κ2) is 6.24. The highest BCUT2D eigenvalue weighted by atomic mass is 79.9. The predicted octanol–water partition coefficient (Wildman–Crippen LogP) is 4.97. The molecule has 3 rings (SSSR count). The molecule has 21 heavy (non-hydrogen) atoms. The normalized spacial score (nSPS) is 17.1. The first-order valence-corrected chi connectivity index (χ1v) is 8.16. The van der Waals surface area contributed by atoms with E-state index in [0.717, 1.165) is 29.3 Å². The summed E-state index contributed by atoms with van der Waals surface area (Å²) in [6, 6.07) is 13.6. The van der Waals surface area contributed by atoms with Crippen molar-refractivity contribution in [2.24, 2.45) is 0 Å². The largest absolute Gasteiger partial charge is 0.454 e. The van der Waals surface area contributed by atoms with Gasteiger partial charge in [-0.2, -0.15) is 0 Å². The number of fused-ring (bicyclic) bond motifs is 1. The van der Waals surface area contributed by atoms with Crippen molar-refractivity contribution in [1.29, 1.82) is 0 Å². The quantitative estimate of drug-likeness (QED) is 0.602. The second-order valence-corrected chi connectivity index (χ2v) is 6.54. The molecule has 4 heteroatoms. The van der Waals surface area contributed by atoms with Gasteiger partial charge in [-0.25, -0.2) is 4.79 Å². The van der Waals surface area contributed by atoms with Crippen LogP contribution in [0, 0.1) is 0 Å². The molecule has 1 aliphatic rings. The molecule has 0 saturated carbocycles. The van der Waals surface area contributed by atoms with Crippen molar-refractivity contribution in [3.63, 3.8) is 0 Å². The molecule has 2 aromatic rings. The minimum Gasteiger partial charge on any atom is -0.454 e. The summed E-state index contributed by atoms with van der Waals surface area (Å²) < 4.78 is 6.62. The summed E-state index contributed by atoms with van der Waals surface area (Å²) >= 11 is 7.71. The third-order valence-electron chi connectivity index (χ3n) is 3.74. The molecular weight excluding hydrogens is 348 g/mol. The van der Waals surface area contributed by atoms with Gasteiger partial charge in [0.25, 0.3) is 0 Å². The molecule has 0 amide bonds. The Bertz CT molecular complexity index is 684. The maximum atomic E-state index is 12.4. The Morgan fingerprint density at radius 3 is 2.86 bits per heavy atom. The molecule has 0 bridgehead atoms. The van der Waals surface area contributed by atoms with Crippen LogP contribution in [-0.2, 0) is 11.2 Å². The van der Waals surface area contributed by atoms with Crippen molar-refractivity contribution < 1.29 is 9.53 Å². The molecule has 0 saturated heterocycles. The number of benzene rings is 2. The van der Waals surface area contributed by atoms with Crippen molar-refractivity contribution in [3.05, 3.63) is 63.6 Å². The highest BCUT2D eigenvalue weighted by Gasteiger charge is 2.24. The molecule has 2 aromatic carbocycles. The Labute approximate surface area is 138 Å². The summed E-state index contributed by atoms with van der Waals surface area (Å²) in [5.41, 5.74) is 2.92. The van der Waals surface area contributed by atoms with E-state index in [2.05, 4.69) is 40.7 Å². The van der Waals surface area contributed by atoms with Gasteiger partial charge in [-0.05, 0) is 48.6 Å². The van der Waals surface area contributed by atoms with Gasteiger partial charge in [0.1, 0.15) is 6.10 Å². The van der Waals surface area contributed by atoms with Crippen LogP contribution in [0.15, 0.2) is 51.8 Å². The van der Waals surface area contributed by atoms with E-state index in [1.807, 2.05) is 18.2 Å². The number of hydrogen-bond donors (Lipinski definition) is 1. The molecule has 2 nitrogen and oxygen atoms in total. The summed E-state index contributed by atoms with van der Waals surface area (Å²) in [4.78, 5) is 13.0. The molecule has 1 atom stereocenters. The van der Waals surface area contributed by atoms with Crippen LogP contribution in [0.2, 0.25) is 0 Å². The van der Waals surface area contributed by atoms with Crippen molar-refractivity contribution in [2.45, 2.75) is 30.3 Å². The van der Waals surface area contributed by atoms with E-state index in [9.17, 15) is 4.79 Å². The van der Waals surface area contributed by atoms with Gasteiger partial charge in [-0.15, -0.1) is 12.6 Å². The lowest BCUT2D eigenvalue weighted by Gasteiger charge is -2.25. The van der Waals surface area contributed by atoms with Crippen molar-refractivity contribution >= 4 is 34.5 Å². The van der Waals surface area contributed by atoms with E-state index < -0.39 is 0 Å². The van der Waals surface area contributed by atoms with Crippen LogP contribution in [0.4, 0.5) is 0 Å². The van der Waals surface area contributed by atoms with Crippen LogP contribution in [0.1, 0.15) is 40.4 Å². The Morgan fingerprint density at radius 1 is 1.24 bits per heavy atom. The number of halogens is 1. The minimum atomic E-state index is -0.311. The third-order valence-corrected chi connectivity index (χ3v) is 4.61. The molecule has 0 spiro atoms. The van der Waals surface area contributed by atoms with Crippen molar-refractivity contribution in [2.75, 3.05) is 0 Å². The summed E-state index contributed by atoms with van der Waals surface area (Å²) in [7, 11) is 0. The van der Waals surface area contributed by atoms with E-state index in [-0.39, 0.29) is 12.1 Å². The Hall–Kier alpha value is -1.26. The van der Waals surface area contributed by atoms with Crippen LogP contribution < -0.4 is 0 Å². The van der Waals surface area contributed by atoms with Gasteiger partial charge in [-0.1, -0.05) is 40.2 Å². The fraction of sp³-hybridized carbons (Fsp3) is 0.235. The zero-order valence-electron chi connectivity index (χ0n) is 11.4. The van der Waals surface area contributed by atoms with Crippen LogP contribution in [-0.4, -0.2) is 5.97 Å². The standard InChI is InChI=1S/C17H15BrO2S/c18-12-8-9-14(16(21)10-12)17(19)20-15-7-3-5-11-4-1-2-6-13(11)15/h1-2,4,6,8-10,15,21H,3,5,7H2. The average Bonchev–Trinajstić information content (AvgIpc) is 2.47. The molecule has 0 aromatic heterocycles. The van der Waals surface area contributed by atoms with Gasteiger partial charge < -0.3 is 4.74 Å². The number of hydrogen-bond acceptors (Lipinski definition) is 3. The summed E-state index contributed by atoms with van der Waals surface area (Å²) in [5.74, 6) is -0.311. The smallest absolute Gasteiger partial charge is 0.339 e. The minimum absolute atomic E-state index is 0.154. The maximum Gasteiger partial charge on any atom is 0.339 e. The number of carbonyl (C=O) groups is 1. The van der Waals surface area contributed by atoms with E-state index in [0.29, 0.717) is 10.5 Å². The Balaban J connectivity index is 1.83. The fourth-order valence-electron chi connectivity index (χ4n) is 2.70. The lowest BCUT2D eigenvalue weighted by atomic mass is 9.89. The van der Waals surface area contributed by atoms with Gasteiger partial charge in [0.15, 0.2) is 0 Å². The number of rotatable bonds is 2. The Kier molecular flexibility index (Phi) is 4.36. The molecule has 1 aliphatic carbocycles. The van der Waals surface area contributed by atoms with E-state index in [4.69, 9.17) is 4.74 Å². The molecule has 108 valence electrons. The Morgan fingerprint density at radius 2 is 2.05 bits per heavy atom. The molecule has 0 fully saturated rings. The molecule has 1 unspecified atom stereocenters. The van der Waals surface area contributed by atoms with Crippen LogP contribution >= 0.6 is 28.6 Å². The van der Waals surface area contributed by atoms with Crippen molar-refractivity contribution in [1.82, 2.24) is 0 Å². The maximum absolute atomic E-state index is 12.4. The van der Waals surface area contributed by atoms with Crippen LogP contribution in [0.3, 0.4) is 0 Å². The predicted molar refractivity (Wildman–Crippen MR) is 88.9 cm³/mol. The molecule has 0 radical (unpaired) electrons. The highest BCUT2D eigenvalue weighted by molar-refractivity contribution is 9.10. The van der Waals surface area contributed by atoms with E-state index >= 15 is 0 Å². The van der Waals surface area contributed by atoms with Crippen molar-refractivity contribution in [3.8, 4) is 0 Å². The number of thiol groups is 1. The number of carbonyl (C=O) groups excluding carboxylic acids is 1. The van der Waals surface area contributed by atoms with Gasteiger partial charge in [0, 0.05) is 9.37 Å². The highest BCUT2D eigenvalue weighted by Crippen LogP contribution is 2.33. The zero-order chi connectivity index (χ0) is 14.8. The third kappa shape index (κ3) is 3.16. The van der Waals surface area contributed by atoms with E-state index in [1.54, 1.807) is 12.1 Å². The average molecular weight is 363 g/mol. The molecule has 0 N–H and O–H groups in total. The van der Waals surface area contributed by atoms with Gasteiger partial charge in [-0.3, -0.25) is 0 Å². The second-order valence-electron chi connectivity index (χ2n) is 5.15. The first kappa shape index (κ1) is 14.7. The van der Waals surface area contributed by atoms with Crippen LogP contribution in [0.5, 0.6) is 0 Å². The molecule has 0 aliphatic heterocycles. The molecule has 0 heterocycles.